The average Bonchev–Trinajstić information content (AvgIpc) is 2.45. The molecule has 0 saturated carbocycles. The molecule has 0 atom stereocenters. The summed E-state index contributed by atoms with van der Waals surface area (Å²) < 4.78 is 0. The molecule has 0 bridgehead atoms. The van der Waals surface area contributed by atoms with E-state index in [4.69, 9.17) is 5.11 Å². The van der Waals surface area contributed by atoms with Crippen LogP contribution >= 0.6 is 0 Å². The van der Waals surface area contributed by atoms with Crippen molar-refractivity contribution >= 4 is 5.97 Å². The summed E-state index contributed by atoms with van der Waals surface area (Å²) in [4.78, 5) is 10.7. The van der Waals surface area contributed by atoms with Crippen LogP contribution in [0, 0.1) is 0 Å². The van der Waals surface area contributed by atoms with E-state index < -0.39 is 5.97 Å². The van der Waals surface area contributed by atoms with Crippen molar-refractivity contribution in [1.82, 2.24) is 5.32 Å². The molecule has 0 spiro atoms. The molecule has 0 radical (unpaired) electrons. The van der Waals surface area contributed by atoms with Crippen LogP contribution in [0.25, 0.3) is 0 Å². The van der Waals surface area contributed by atoms with Crippen molar-refractivity contribution in [3.05, 3.63) is 47.0 Å². The van der Waals surface area contributed by atoms with Gasteiger partial charge in [-0.2, -0.15) is 0 Å². The number of carbonyl (C=O) groups is 1. The predicted octanol–water partition coefficient (Wildman–Crippen LogP) is 0.369. The lowest BCUT2D eigenvalue weighted by molar-refractivity contribution is -0.0000195. The molecule has 0 amide bonds. The number of carboxylic acids is 1. The summed E-state index contributed by atoms with van der Waals surface area (Å²) in [6.45, 7) is 1.79. The normalized spacial score (nSPS) is 14.3. The molecule has 110 valence electrons. The van der Waals surface area contributed by atoms with Gasteiger partial charge in [0, 0.05) is 6.54 Å². The quantitative estimate of drug-likeness (QED) is 0.589. The Kier molecular flexibility index (Phi) is 7.34. The Morgan fingerprint density at radius 2 is 1.95 bits per heavy atom. The minimum absolute atomic E-state index is 0. The van der Waals surface area contributed by atoms with Gasteiger partial charge in [-0.3, -0.25) is 0 Å². The van der Waals surface area contributed by atoms with Gasteiger partial charge in [0.05, 0.1) is 5.56 Å². The predicted molar refractivity (Wildman–Crippen MR) is 76.3 cm³/mol. The molecule has 0 unspecified atom stereocenters. The third-order valence-electron chi connectivity index (χ3n) is 3.54. The van der Waals surface area contributed by atoms with Crippen molar-refractivity contribution < 1.29 is 22.3 Å². The second-order valence-electron chi connectivity index (χ2n) is 5.04. The summed E-state index contributed by atoms with van der Waals surface area (Å²) >= 11 is 0. The van der Waals surface area contributed by atoms with Crippen LogP contribution in [-0.2, 0) is 6.54 Å². The standard InChI is InChI=1S/C16H21NO2.ClH/c18-16(19)15-8-6-14(7-9-15)12-17-11-10-13-4-2-1-3-5-13;/h4,6-9,17H,1-3,5,10-12H2,(H,18,19);1H/p-1. The highest BCUT2D eigenvalue weighted by molar-refractivity contribution is 5.87. The summed E-state index contributed by atoms with van der Waals surface area (Å²) in [6, 6.07) is 7.05. The third kappa shape index (κ3) is 5.35. The summed E-state index contributed by atoms with van der Waals surface area (Å²) in [5.41, 5.74) is 3.05. The Hall–Kier alpha value is -1.32. The Morgan fingerprint density at radius 1 is 1.20 bits per heavy atom. The zero-order valence-corrected chi connectivity index (χ0v) is 12.3. The van der Waals surface area contributed by atoms with Gasteiger partial charge in [-0.15, -0.1) is 0 Å². The first-order valence-electron chi connectivity index (χ1n) is 6.96. The van der Waals surface area contributed by atoms with Crippen LogP contribution in [-0.4, -0.2) is 17.6 Å². The van der Waals surface area contributed by atoms with Crippen molar-refractivity contribution in [2.45, 2.75) is 38.6 Å². The smallest absolute Gasteiger partial charge is 0.335 e. The molecule has 3 nitrogen and oxygen atoms in total. The highest BCUT2D eigenvalue weighted by atomic mass is 35.5. The monoisotopic (exact) mass is 294 g/mol. The first-order valence-corrected chi connectivity index (χ1v) is 6.96. The van der Waals surface area contributed by atoms with Gasteiger partial charge >= 0.3 is 5.97 Å². The second-order valence-corrected chi connectivity index (χ2v) is 5.04. The molecule has 0 aliphatic heterocycles. The molecule has 4 heteroatoms. The molecular weight excluding hydrogens is 274 g/mol. The lowest BCUT2D eigenvalue weighted by Crippen LogP contribution is -3.00. The van der Waals surface area contributed by atoms with E-state index in [0.29, 0.717) is 5.56 Å². The molecule has 0 saturated heterocycles. The van der Waals surface area contributed by atoms with Gasteiger partial charge in [-0.05, 0) is 56.3 Å². The van der Waals surface area contributed by atoms with Gasteiger partial charge in [0.2, 0.25) is 0 Å². The highest BCUT2D eigenvalue weighted by Crippen LogP contribution is 2.19. The lowest BCUT2D eigenvalue weighted by Gasteiger charge is -2.13. The van der Waals surface area contributed by atoms with Crippen LogP contribution in [0.3, 0.4) is 0 Å². The van der Waals surface area contributed by atoms with Gasteiger partial charge in [-0.25, -0.2) is 4.79 Å². The van der Waals surface area contributed by atoms with E-state index in [9.17, 15) is 4.79 Å². The lowest BCUT2D eigenvalue weighted by atomic mass is 9.97. The summed E-state index contributed by atoms with van der Waals surface area (Å²) in [7, 11) is 0. The summed E-state index contributed by atoms with van der Waals surface area (Å²) in [5, 5.41) is 12.2. The van der Waals surface area contributed by atoms with Gasteiger partial charge in [0.15, 0.2) is 0 Å². The van der Waals surface area contributed by atoms with Crippen LogP contribution in [0.5, 0.6) is 0 Å². The number of aromatic carboxylic acids is 1. The van der Waals surface area contributed by atoms with Crippen molar-refractivity contribution in [3.8, 4) is 0 Å². The Balaban J connectivity index is 0.00000200. The Labute approximate surface area is 126 Å². The molecule has 0 fully saturated rings. The molecular formula is C16H21ClNO2-. The van der Waals surface area contributed by atoms with E-state index >= 15 is 0 Å². The second kappa shape index (κ2) is 8.77. The van der Waals surface area contributed by atoms with Crippen LogP contribution in [0.2, 0.25) is 0 Å². The Bertz CT molecular complexity index is 454. The van der Waals surface area contributed by atoms with E-state index in [1.54, 1.807) is 17.7 Å². The minimum Gasteiger partial charge on any atom is -1.00 e. The van der Waals surface area contributed by atoms with Gasteiger partial charge in [0.25, 0.3) is 0 Å². The fraction of sp³-hybridized carbons (Fsp3) is 0.438. The fourth-order valence-corrected chi connectivity index (χ4v) is 2.38. The number of halogens is 1. The minimum atomic E-state index is -0.872. The zero-order valence-electron chi connectivity index (χ0n) is 11.6. The summed E-state index contributed by atoms with van der Waals surface area (Å²) in [6.07, 6.45) is 8.69. The summed E-state index contributed by atoms with van der Waals surface area (Å²) in [5.74, 6) is -0.872. The number of nitrogens with one attached hydrogen (secondary N) is 1. The molecule has 0 heterocycles. The number of carboxylic acid groups (broad SMARTS) is 1. The zero-order chi connectivity index (χ0) is 13.5. The topological polar surface area (TPSA) is 49.3 Å². The van der Waals surface area contributed by atoms with Crippen molar-refractivity contribution in [2.24, 2.45) is 0 Å². The molecule has 1 aromatic rings. The fourth-order valence-electron chi connectivity index (χ4n) is 2.38. The number of benzene rings is 1. The van der Waals surface area contributed by atoms with Crippen LogP contribution in [0.1, 0.15) is 48.0 Å². The highest BCUT2D eigenvalue weighted by Gasteiger charge is 2.03. The van der Waals surface area contributed by atoms with E-state index in [1.807, 2.05) is 12.1 Å². The van der Waals surface area contributed by atoms with Gasteiger partial charge < -0.3 is 22.8 Å². The van der Waals surface area contributed by atoms with Crippen molar-refractivity contribution in [1.29, 1.82) is 0 Å². The number of hydrogen-bond acceptors (Lipinski definition) is 2. The number of allylic oxidation sites excluding steroid dienone is 1. The first-order chi connectivity index (χ1) is 9.25. The Morgan fingerprint density at radius 3 is 2.55 bits per heavy atom. The average molecular weight is 295 g/mol. The maximum Gasteiger partial charge on any atom is 0.335 e. The number of hydrogen-bond donors (Lipinski definition) is 2. The van der Waals surface area contributed by atoms with Gasteiger partial charge in [-0.1, -0.05) is 23.8 Å². The molecule has 2 N–H and O–H groups in total. The maximum absolute atomic E-state index is 10.7. The maximum atomic E-state index is 10.7. The molecule has 1 aromatic carbocycles. The van der Waals surface area contributed by atoms with Crippen LogP contribution < -0.4 is 17.7 Å². The first kappa shape index (κ1) is 16.7. The van der Waals surface area contributed by atoms with Crippen molar-refractivity contribution in [2.75, 3.05) is 6.54 Å². The molecule has 2 rings (SSSR count). The van der Waals surface area contributed by atoms with Crippen LogP contribution in [0.15, 0.2) is 35.9 Å². The van der Waals surface area contributed by atoms with E-state index in [-0.39, 0.29) is 12.4 Å². The largest absolute Gasteiger partial charge is 1.00 e. The van der Waals surface area contributed by atoms with E-state index in [1.165, 1.54) is 25.7 Å². The molecule has 1 aliphatic rings. The number of rotatable bonds is 6. The molecule has 0 aromatic heterocycles. The van der Waals surface area contributed by atoms with E-state index in [0.717, 1.165) is 25.1 Å². The third-order valence-corrected chi connectivity index (χ3v) is 3.54. The molecule has 20 heavy (non-hydrogen) atoms. The van der Waals surface area contributed by atoms with Crippen LogP contribution in [0.4, 0.5) is 0 Å². The molecule has 1 aliphatic carbocycles. The SMILES string of the molecule is O=C(O)c1ccc(CNCCC2=CCCCC2)cc1.[Cl-]. The van der Waals surface area contributed by atoms with Crippen molar-refractivity contribution in [3.63, 3.8) is 0 Å². The van der Waals surface area contributed by atoms with E-state index in [2.05, 4.69) is 11.4 Å². The van der Waals surface area contributed by atoms with Gasteiger partial charge in [0.1, 0.15) is 0 Å².